The molecular weight excluding hydrogens is 132 g/mol. The first-order valence-electron chi connectivity index (χ1n) is 3.13. The predicted octanol–water partition coefficient (Wildman–Crippen LogP) is 0.0568. The van der Waals surface area contributed by atoms with Gasteiger partial charge in [0, 0.05) is 6.07 Å². The van der Waals surface area contributed by atoms with Crippen LogP contribution in [-0.4, -0.2) is 16.8 Å². The Morgan fingerprint density at radius 1 is 1.80 bits per heavy atom. The summed E-state index contributed by atoms with van der Waals surface area (Å²) in [6, 6.07) is 1.63. The first-order chi connectivity index (χ1) is 4.84. The standard InChI is InChI=1S/C6H10N2O2/c7-3-1-6(9)5-2-4-10-8-5/h2,4,6,9H,1,3,7H2/t6-/m1/s1. The fourth-order valence-electron chi connectivity index (χ4n) is 0.700. The Morgan fingerprint density at radius 3 is 3.10 bits per heavy atom. The second-order valence-corrected chi connectivity index (χ2v) is 2.02. The van der Waals surface area contributed by atoms with Gasteiger partial charge < -0.3 is 15.4 Å². The number of hydrogen-bond acceptors (Lipinski definition) is 4. The number of aliphatic hydroxyl groups excluding tert-OH is 1. The van der Waals surface area contributed by atoms with Gasteiger partial charge in [-0.15, -0.1) is 0 Å². The van der Waals surface area contributed by atoms with Crippen LogP contribution in [0, 0.1) is 0 Å². The summed E-state index contributed by atoms with van der Waals surface area (Å²) < 4.78 is 4.53. The zero-order chi connectivity index (χ0) is 7.40. The molecule has 0 aliphatic carbocycles. The summed E-state index contributed by atoms with van der Waals surface area (Å²) in [7, 11) is 0. The number of hydrogen-bond donors (Lipinski definition) is 2. The number of nitrogens with zero attached hydrogens (tertiary/aromatic N) is 1. The summed E-state index contributed by atoms with van der Waals surface area (Å²) in [5, 5.41) is 12.8. The molecule has 1 heterocycles. The van der Waals surface area contributed by atoms with Crippen LogP contribution in [0.4, 0.5) is 0 Å². The minimum Gasteiger partial charge on any atom is -0.387 e. The van der Waals surface area contributed by atoms with E-state index in [1.54, 1.807) is 6.07 Å². The SMILES string of the molecule is NCC[C@@H](O)c1ccon1. The monoisotopic (exact) mass is 142 g/mol. The smallest absolute Gasteiger partial charge is 0.124 e. The van der Waals surface area contributed by atoms with Gasteiger partial charge in [-0.2, -0.15) is 0 Å². The summed E-state index contributed by atoms with van der Waals surface area (Å²) in [5.41, 5.74) is 5.76. The minimum atomic E-state index is -0.580. The molecule has 1 rings (SSSR count). The molecule has 0 saturated heterocycles. The lowest BCUT2D eigenvalue weighted by atomic mass is 10.2. The fourth-order valence-corrected chi connectivity index (χ4v) is 0.700. The molecule has 3 N–H and O–H groups in total. The van der Waals surface area contributed by atoms with Crippen molar-refractivity contribution < 1.29 is 9.63 Å². The zero-order valence-corrected chi connectivity index (χ0v) is 5.53. The molecule has 4 nitrogen and oxygen atoms in total. The van der Waals surface area contributed by atoms with Crippen LogP contribution >= 0.6 is 0 Å². The third-order valence-corrected chi connectivity index (χ3v) is 1.24. The van der Waals surface area contributed by atoms with Crippen molar-refractivity contribution in [3.8, 4) is 0 Å². The lowest BCUT2D eigenvalue weighted by molar-refractivity contribution is 0.160. The second-order valence-electron chi connectivity index (χ2n) is 2.02. The van der Waals surface area contributed by atoms with E-state index >= 15 is 0 Å². The molecule has 0 radical (unpaired) electrons. The van der Waals surface area contributed by atoms with Crippen LogP contribution in [0.25, 0.3) is 0 Å². The Morgan fingerprint density at radius 2 is 2.60 bits per heavy atom. The maximum atomic E-state index is 9.21. The van der Waals surface area contributed by atoms with Gasteiger partial charge >= 0.3 is 0 Å². The molecule has 0 bridgehead atoms. The van der Waals surface area contributed by atoms with Crippen molar-refractivity contribution in [3.05, 3.63) is 18.0 Å². The van der Waals surface area contributed by atoms with Crippen molar-refractivity contribution in [1.82, 2.24) is 5.16 Å². The summed E-state index contributed by atoms with van der Waals surface area (Å²) in [5.74, 6) is 0. The summed E-state index contributed by atoms with van der Waals surface area (Å²) >= 11 is 0. The van der Waals surface area contributed by atoms with Gasteiger partial charge in [0.15, 0.2) is 0 Å². The van der Waals surface area contributed by atoms with Crippen molar-refractivity contribution in [2.45, 2.75) is 12.5 Å². The van der Waals surface area contributed by atoms with E-state index in [4.69, 9.17) is 5.73 Å². The van der Waals surface area contributed by atoms with E-state index in [0.717, 1.165) is 0 Å². The first kappa shape index (κ1) is 7.24. The predicted molar refractivity (Wildman–Crippen MR) is 35.1 cm³/mol. The number of rotatable bonds is 3. The fraction of sp³-hybridized carbons (Fsp3) is 0.500. The highest BCUT2D eigenvalue weighted by molar-refractivity contribution is 4.99. The van der Waals surface area contributed by atoms with Gasteiger partial charge in [-0.05, 0) is 13.0 Å². The summed E-state index contributed by atoms with van der Waals surface area (Å²) in [6.45, 7) is 0.452. The highest BCUT2D eigenvalue weighted by Gasteiger charge is 2.07. The molecule has 0 spiro atoms. The van der Waals surface area contributed by atoms with Gasteiger partial charge in [-0.1, -0.05) is 5.16 Å². The summed E-state index contributed by atoms with van der Waals surface area (Å²) in [4.78, 5) is 0. The Kier molecular flexibility index (Phi) is 2.42. The van der Waals surface area contributed by atoms with Crippen LogP contribution in [0.3, 0.4) is 0 Å². The topological polar surface area (TPSA) is 72.3 Å². The molecule has 0 aliphatic heterocycles. The van der Waals surface area contributed by atoms with Gasteiger partial charge in [-0.25, -0.2) is 0 Å². The Hall–Kier alpha value is -0.870. The molecule has 1 aromatic heterocycles. The van der Waals surface area contributed by atoms with Crippen molar-refractivity contribution in [3.63, 3.8) is 0 Å². The maximum absolute atomic E-state index is 9.21. The van der Waals surface area contributed by atoms with Crippen LogP contribution < -0.4 is 5.73 Å². The molecule has 56 valence electrons. The maximum Gasteiger partial charge on any atom is 0.124 e. The molecule has 0 aromatic carbocycles. The van der Waals surface area contributed by atoms with E-state index in [-0.39, 0.29) is 0 Å². The minimum absolute atomic E-state index is 0.452. The Labute approximate surface area is 58.6 Å². The van der Waals surface area contributed by atoms with Crippen LogP contribution in [0.2, 0.25) is 0 Å². The van der Waals surface area contributed by atoms with Gasteiger partial charge in [-0.3, -0.25) is 0 Å². The van der Waals surface area contributed by atoms with Crippen LogP contribution in [0.5, 0.6) is 0 Å². The average molecular weight is 142 g/mol. The zero-order valence-electron chi connectivity index (χ0n) is 5.53. The molecule has 10 heavy (non-hydrogen) atoms. The molecule has 1 atom stereocenters. The lowest BCUT2D eigenvalue weighted by Crippen LogP contribution is -2.06. The normalized spacial score (nSPS) is 13.4. The molecule has 0 fully saturated rings. The van der Waals surface area contributed by atoms with Crippen LogP contribution in [0.1, 0.15) is 18.2 Å². The van der Waals surface area contributed by atoms with E-state index in [9.17, 15) is 5.11 Å². The van der Waals surface area contributed by atoms with E-state index in [0.29, 0.717) is 18.7 Å². The summed E-state index contributed by atoms with van der Waals surface area (Å²) in [6.07, 6.45) is 1.37. The van der Waals surface area contributed by atoms with Crippen molar-refractivity contribution in [1.29, 1.82) is 0 Å². The molecule has 0 amide bonds. The van der Waals surface area contributed by atoms with E-state index in [1.807, 2.05) is 0 Å². The first-order valence-corrected chi connectivity index (χ1v) is 3.13. The largest absolute Gasteiger partial charge is 0.387 e. The van der Waals surface area contributed by atoms with Crippen LogP contribution in [0.15, 0.2) is 16.9 Å². The van der Waals surface area contributed by atoms with E-state index in [1.165, 1.54) is 6.26 Å². The highest BCUT2D eigenvalue weighted by atomic mass is 16.5. The van der Waals surface area contributed by atoms with Gasteiger partial charge in [0.25, 0.3) is 0 Å². The highest BCUT2D eigenvalue weighted by Crippen LogP contribution is 2.11. The molecule has 0 saturated carbocycles. The van der Waals surface area contributed by atoms with Crippen molar-refractivity contribution in [2.24, 2.45) is 5.73 Å². The molecule has 4 heteroatoms. The quantitative estimate of drug-likeness (QED) is 0.625. The molecular formula is C6H10N2O2. The van der Waals surface area contributed by atoms with Gasteiger partial charge in [0.2, 0.25) is 0 Å². The molecule has 0 unspecified atom stereocenters. The van der Waals surface area contributed by atoms with E-state index < -0.39 is 6.10 Å². The van der Waals surface area contributed by atoms with Crippen LogP contribution in [-0.2, 0) is 0 Å². The number of aromatic nitrogens is 1. The third-order valence-electron chi connectivity index (χ3n) is 1.24. The lowest BCUT2D eigenvalue weighted by Gasteiger charge is -2.02. The number of nitrogens with two attached hydrogens (primary N) is 1. The Balaban J connectivity index is 2.50. The average Bonchev–Trinajstić information content (AvgIpc) is 2.38. The van der Waals surface area contributed by atoms with Crippen molar-refractivity contribution in [2.75, 3.05) is 6.54 Å². The van der Waals surface area contributed by atoms with Gasteiger partial charge in [0.1, 0.15) is 18.1 Å². The number of aliphatic hydroxyl groups is 1. The third kappa shape index (κ3) is 1.55. The van der Waals surface area contributed by atoms with E-state index in [2.05, 4.69) is 9.68 Å². The van der Waals surface area contributed by atoms with Gasteiger partial charge in [0.05, 0.1) is 0 Å². The second kappa shape index (κ2) is 3.34. The molecule has 0 aliphatic rings. The Bertz CT molecular complexity index is 174. The van der Waals surface area contributed by atoms with Crippen molar-refractivity contribution >= 4 is 0 Å². The molecule has 1 aromatic rings.